The van der Waals surface area contributed by atoms with Crippen molar-refractivity contribution in [2.45, 2.75) is 73.1 Å². The zero-order valence-corrected chi connectivity index (χ0v) is 16.0. The first kappa shape index (κ1) is 17.1. The normalized spacial score (nSPS) is 47.7. The molecule has 2 fully saturated rings. The Bertz CT molecular complexity index is 536. The molecule has 4 aliphatic rings. The maximum atomic E-state index is 4.20. The van der Waals surface area contributed by atoms with E-state index in [1.54, 1.807) is 5.57 Å². The topological polar surface area (TPSA) is 0 Å². The van der Waals surface area contributed by atoms with Crippen LogP contribution in [0.5, 0.6) is 0 Å². The van der Waals surface area contributed by atoms with E-state index >= 15 is 0 Å². The van der Waals surface area contributed by atoms with Gasteiger partial charge in [0.05, 0.1) is 0 Å². The second kappa shape index (κ2) is 5.94. The van der Waals surface area contributed by atoms with Gasteiger partial charge < -0.3 is 0 Å². The lowest BCUT2D eigenvalue weighted by molar-refractivity contribution is -0.0103. The molecule has 0 radical (unpaired) electrons. The molecule has 0 saturated heterocycles. The maximum absolute atomic E-state index is 4.20. The van der Waals surface area contributed by atoms with Gasteiger partial charge in [0.25, 0.3) is 0 Å². The number of allylic oxidation sites excluding steroid dienone is 5. The Morgan fingerprint density at radius 2 is 1.78 bits per heavy atom. The van der Waals surface area contributed by atoms with Crippen molar-refractivity contribution in [1.29, 1.82) is 0 Å². The third-order valence-electron chi connectivity index (χ3n) is 8.11. The Balaban J connectivity index is 0.000000753. The lowest BCUT2D eigenvalue weighted by Crippen LogP contribution is -2.48. The maximum Gasteiger partial charge on any atom is -0.00382 e. The summed E-state index contributed by atoms with van der Waals surface area (Å²) in [5.41, 5.74) is 3.95. The Labute approximate surface area is 144 Å². The Hall–Kier alpha value is -0.780. The third-order valence-corrected chi connectivity index (χ3v) is 8.11. The van der Waals surface area contributed by atoms with Gasteiger partial charge in [0.2, 0.25) is 0 Å². The fourth-order valence-electron chi connectivity index (χ4n) is 6.34. The number of rotatable bonds is 0. The standard InChI is InChI=1S/C21H30.C2H6/c1-14-9-11-21(4)16(13-14)6-7-17-18-8-5-15(2)20(18,3)12-10-19(17)21;1-2/h6-7,13,15,17-19H,1,5,8-12H2,2-4H3;1-2H3. The number of hydrogen-bond donors (Lipinski definition) is 0. The molecule has 0 aromatic heterocycles. The molecule has 4 rings (SSSR count). The summed E-state index contributed by atoms with van der Waals surface area (Å²) in [4.78, 5) is 0. The van der Waals surface area contributed by atoms with E-state index in [-0.39, 0.29) is 0 Å². The molecule has 0 bridgehead atoms. The molecular weight excluding hydrogens is 276 g/mol. The molecule has 0 heteroatoms. The van der Waals surface area contributed by atoms with Crippen LogP contribution in [0.4, 0.5) is 0 Å². The van der Waals surface area contributed by atoms with Crippen molar-refractivity contribution in [3.05, 3.63) is 36.0 Å². The molecular formula is C23H36. The highest BCUT2D eigenvalue weighted by molar-refractivity contribution is 5.41. The van der Waals surface area contributed by atoms with Crippen molar-refractivity contribution in [3.63, 3.8) is 0 Å². The van der Waals surface area contributed by atoms with Crippen molar-refractivity contribution >= 4 is 0 Å². The van der Waals surface area contributed by atoms with Crippen molar-refractivity contribution in [2.75, 3.05) is 0 Å². The second-order valence-corrected chi connectivity index (χ2v) is 8.85. The van der Waals surface area contributed by atoms with Crippen LogP contribution in [-0.4, -0.2) is 0 Å². The van der Waals surface area contributed by atoms with Gasteiger partial charge in [-0.1, -0.05) is 65.0 Å². The Morgan fingerprint density at radius 1 is 1.04 bits per heavy atom. The molecule has 0 aromatic rings. The fraction of sp³-hybridized carbons (Fsp3) is 0.739. The average molecular weight is 313 g/mol. The quantitative estimate of drug-likeness (QED) is 0.454. The van der Waals surface area contributed by atoms with Crippen LogP contribution in [0.1, 0.15) is 73.1 Å². The lowest BCUT2D eigenvalue weighted by Gasteiger charge is -2.56. The van der Waals surface area contributed by atoms with E-state index in [0.717, 1.165) is 23.7 Å². The molecule has 0 spiro atoms. The lowest BCUT2D eigenvalue weighted by atomic mass is 9.48. The summed E-state index contributed by atoms with van der Waals surface area (Å²) in [6, 6.07) is 0. The highest BCUT2D eigenvalue weighted by Gasteiger charge is 2.56. The van der Waals surface area contributed by atoms with Crippen LogP contribution in [0.3, 0.4) is 0 Å². The van der Waals surface area contributed by atoms with Crippen molar-refractivity contribution < 1.29 is 0 Å². The molecule has 23 heavy (non-hydrogen) atoms. The molecule has 0 nitrogen and oxygen atoms in total. The van der Waals surface area contributed by atoms with E-state index in [4.69, 9.17) is 0 Å². The minimum Gasteiger partial charge on any atom is -0.0958 e. The van der Waals surface area contributed by atoms with Gasteiger partial charge in [-0.2, -0.15) is 0 Å². The summed E-state index contributed by atoms with van der Waals surface area (Å²) in [6.45, 7) is 15.9. The molecule has 0 aliphatic heterocycles. The predicted octanol–water partition coefficient (Wildman–Crippen LogP) is 6.94. The number of fused-ring (bicyclic) bond motifs is 5. The van der Waals surface area contributed by atoms with Crippen LogP contribution in [0.2, 0.25) is 0 Å². The zero-order valence-electron chi connectivity index (χ0n) is 16.0. The van der Waals surface area contributed by atoms with Crippen LogP contribution in [0.25, 0.3) is 0 Å². The molecule has 0 aromatic carbocycles. The molecule has 6 unspecified atom stereocenters. The van der Waals surface area contributed by atoms with Crippen molar-refractivity contribution in [2.24, 2.45) is 34.5 Å². The highest BCUT2D eigenvalue weighted by Crippen LogP contribution is 2.65. The van der Waals surface area contributed by atoms with E-state index in [0.29, 0.717) is 10.8 Å². The smallest absolute Gasteiger partial charge is 0.00382 e. The van der Waals surface area contributed by atoms with Gasteiger partial charge in [0, 0.05) is 0 Å². The molecule has 0 amide bonds. The Kier molecular flexibility index (Phi) is 4.40. The third kappa shape index (κ3) is 2.39. The van der Waals surface area contributed by atoms with Gasteiger partial charge in [0.15, 0.2) is 0 Å². The van der Waals surface area contributed by atoms with E-state index in [9.17, 15) is 0 Å². The molecule has 2 saturated carbocycles. The van der Waals surface area contributed by atoms with E-state index < -0.39 is 0 Å². The van der Waals surface area contributed by atoms with E-state index in [1.165, 1.54) is 44.1 Å². The van der Waals surface area contributed by atoms with E-state index in [1.807, 2.05) is 13.8 Å². The summed E-state index contributed by atoms with van der Waals surface area (Å²) in [7, 11) is 0. The minimum absolute atomic E-state index is 0.424. The summed E-state index contributed by atoms with van der Waals surface area (Å²) >= 11 is 0. The van der Waals surface area contributed by atoms with Gasteiger partial charge in [-0.25, -0.2) is 0 Å². The van der Waals surface area contributed by atoms with Crippen LogP contribution in [0.15, 0.2) is 36.0 Å². The van der Waals surface area contributed by atoms with Crippen LogP contribution in [0, 0.1) is 34.5 Å². The SMILES string of the molecule is C=C1C=C2C=CC3C(CCC4(C)C(C)CCC34)C2(C)CC1.CC. The van der Waals surface area contributed by atoms with Gasteiger partial charge in [-0.15, -0.1) is 0 Å². The predicted molar refractivity (Wildman–Crippen MR) is 101 cm³/mol. The van der Waals surface area contributed by atoms with Gasteiger partial charge >= 0.3 is 0 Å². The van der Waals surface area contributed by atoms with E-state index in [2.05, 4.69) is 45.6 Å². The molecule has 4 aliphatic carbocycles. The van der Waals surface area contributed by atoms with Gasteiger partial charge in [-0.05, 0) is 78.6 Å². The number of hydrogen-bond acceptors (Lipinski definition) is 0. The van der Waals surface area contributed by atoms with Crippen molar-refractivity contribution in [1.82, 2.24) is 0 Å². The van der Waals surface area contributed by atoms with Crippen LogP contribution < -0.4 is 0 Å². The summed E-state index contributed by atoms with van der Waals surface area (Å²) < 4.78 is 0. The molecule has 0 N–H and O–H groups in total. The average Bonchev–Trinajstić information content (AvgIpc) is 2.86. The van der Waals surface area contributed by atoms with Gasteiger partial charge in [0.1, 0.15) is 0 Å². The molecule has 0 heterocycles. The minimum atomic E-state index is 0.424. The molecule has 6 atom stereocenters. The van der Waals surface area contributed by atoms with Gasteiger partial charge in [-0.3, -0.25) is 0 Å². The Morgan fingerprint density at radius 3 is 2.52 bits per heavy atom. The first-order valence-corrected chi connectivity index (χ1v) is 10.0. The highest BCUT2D eigenvalue weighted by atomic mass is 14.6. The summed E-state index contributed by atoms with van der Waals surface area (Å²) in [6.07, 6.45) is 15.8. The second-order valence-electron chi connectivity index (χ2n) is 8.85. The van der Waals surface area contributed by atoms with Crippen LogP contribution in [-0.2, 0) is 0 Å². The zero-order chi connectivity index (χ0) is 16.8. The van der Waals surface area contributed by atoms with Crippen LogP contribution >= 0.6 is 0 Å². The fourth-order valence-corrected chi connectivity index (χ4v) is 6.34. The summed E-state index contributed by atoms with van der Waals surface area (Å²) in [5, 5.41) is 0. The summed E-state index contributed by atoms with van der Waals surface area (Å²) in [5.74, 6) is 3.58. The monoisotopic (exact) mass is 312 g/mol. The first-order valence-electron chi connectivity index (χ1n) is 10.0. The first-order chi connectivity index (χ1) is 10.9. The largest absolute Gasteiger partial charge is 0.0958 e. The van der Waals surface area contributed by atoms with Crippen molar-refractivity contribution in [3.8, 4) is 0 Å². The molecule has 128 valence electrons.